The molecular weight excluding hydrogens is 420 g/mol. The number of hydrogen-bond acceptors (Lipinski definition) is 6. The van der Waals surface area contributed by atoms with Gasteiger partial charge in [0.1, 0.15) is 6.07 Å². The molecule has 1 heterocycles. The fourth-order valence-corrected chi connectivity index (χ4v) is 2.97. The van der Waals surface area contributed by atoms with Gasteiger partial charge in [0.2, 0.25) is 0 Å². The molecule has 0 fully saturated rings. The van der Waals surface area contributed by atoms with Crippen molar-refractivity contribution in [3.05, 3.63) is 77.5 Å². The number of pyridine rings is 1. The van der Waals surface area contributed by atoms with Crippen LogP contribution in [0.4, 0.5) is 10.5 Å². The highest BCUT2D eigenvalue weighted by molar-refractivity contribution is 6.05. The third-order valence-corrected chi connectivity index (χ3v) is 4.48. The smallest absolute Gasteiger partial charge is 0.408 e. The molecule has 0 saturated heterocycles. The minimum Gasteiger partial charge on any atom is -0.408 e. The van der Waals surface area contributed by atoms with Gasteiger partial charge in [0.05, 0.1) is 23.6 Å². The van der Waals surface area contributed by atoms with Gasteiger partial charge in [-0.1, -0.05) is 24.3 Å². The number of nitrogens with one attached hydrogen (secondary N) is 2. The number of carbonyl (C=O) groups excluding carboxylic acids is 2. The fraction of sp³-hybridized carbons (Fsp3) is 0.200. The predicted octanol–water partition coefficient (Wildman–Crippen LogP) is 4.25. The van der Waals surface area contributed by atoms with Crippen LogP contribution in [0, 0.1) is 11.3 Å². The lowest BCUT2D eigenvalue weighted by Crippen LogP contribution is -2.42. The Morgan fingerprint density at radius 3 is 2.45 bits per heavy atom. The quantitative estimate of drug-likeness (QED) is 0.540. The van der Waals surface area contributed by atoms with Crippen LogP contribution in [0.25, 0.3) is 11.3 Å². The van der Waals surface area contributed by atoms with Gasteiger partial charge < -0.3 is 20.5 Å². The Kier molecular flexibility index (Phi) is 7.06. The standard InChI is InChI=1S/C25H24N4O4/c1-25(2,3)29-24(32)33-21-7-5-4-6-20(21)28-23(31)18-10-8-17(9-11-18)22-19(13-26)12-16(15-30)14-27-22/h4-12,14,30H,15H2,1-3H3,(H,28,31)(H,29,32). The van der Waals surface area contributed by atoms with Gasteiger partial charge in [-0.3, -0.25) is 9.78 Å². The summed E-state index contributed by atoms with van der Waals surface area (Å²) in [5, 5.41) is 24.1. The minimum atomic E-state index is -0.624. The molecule has 0 aliphatic rings. The maximum absolute atomic E-state index is 12.8. The number of para-hydroxylation sites is 2. The topological polar surface area (TPSA) is 124 Å². The molecular formula is C25H24N4O4. The number of anilines is 1. The molecule has 8 heteroatoms. The summed E-state index contributed by atoms with van der Waals surface area (Å²) in [6.07, 6.45) is 0.880. The Balaban J connectivity index is 1.76. The van der Waals surface area contributed by atoms with E-state index in [-0.39, 0.29) is 12.4 Å². The van der Waals surface area contributed by atoms with Gasteiger partial charge in [0.25, 0.3) is 5.91 Å². The molecule has 0 bridgehead atoms. The number of aliphatic hydroxyl groups excluding tert-OH is 1. The molecule has 0 radical (unpaired) electrons. The number of nitriles is 1. The second kappa shape index (κ2) is 9.94. The summed E-state index contributed by atoms with van der Waals surface area (Å²) in [7, 11) is 0. The molecule has 0 aliphatic heterocycles. The average molecular weight is 444 g/mol. The number of ether oxygens (including phenoxy) is 1. The lowest BCUT2D eigenvalue weighted by Gasteiger charge is -2.20. The zero-order valence-corrected chi connectivity index (χ0v) is 18.5. The highest BCUT2D eigenvalue weighted by atomic mass is 16.6. The number of aliphatic hydroxyl groups is 1. The van der Waals surface area contributed by atoms with Crippen molar-refractivity contribution in [2.75, 3.05) is 5.32 Å². The zero-order chi connectivity index (χ0) is 24.0. The minimum absolute atomic E-state index is 0.204. The van der Waals surface area contributed by atoms with Gasteiger partial charge in [-0.15, -0.1) is 0 Å². The number of hydrogen-bond donors (Lipinski definition) is 3. The van der Waals surface area contributed by atoms with Crippen LogP contribution in [-0.4, -0.2) is 27.6 Å². The third-order valence-electron chi connectivity index (χ3n) is 4.48. The van der Waals surface area contributed by atoms with Crippen LogP contribution in [0.3, 0.4) is 0 Å². The van der Waals surface area contributed by atoms with Crippen LogP contribution < -0.4 is 15.4 Å². The second-order valence-electron chi connectivity index (χ2n) is 8.30. The highest BCUT2D eigenvalue weighted by Gasteiger charge is 2.18. The van der Waals surface area contributed by atoms with Gasteiger partial charge in [-0.05, 0) is 56.7 Å². The van der Waals surface area contributed by atoms with Crippen LogP contribution >= 0.6 is 0 Å². The molecule has 0 saturated carbocycles. The third kappa shape index (κ3) is 6.15. The fourth-order valence-electron chi connectivity index (χ4n) is 2.97. The molecule has 0 aliphatic carbocycles. The monoisotopic (exact) mass is 444 g/mol. The number of benzene rings is 2. The van der Waals surface area contributed by atoms with Gasteiger partial charge in [-0.2, -0.15) is 5.26 Å². The van der Waals surface area contributed by atoms with Crippen molar-refractivity contribution in [2.24, 2.45) is 0 Å². The number of aromatic nitrogens is 1. The summed E-state index contributed by atoms with van der Waals surface area (Å²) in [6.45, 7) is 5.30. The maximum atomic E-state index is 12.8. The van der Waals surface area contributed by atoms with Crippen molar-refractivity contribution in [3.63, 3.8) is 0 Å². The molecule has 2 amide bonds. The molecule has 33 heavy (non-hydrogen) atoms. The second-order valence-corrected chi connectivity index (χ2v) is 8.30. The van der Waals surface area contributed by atoms with Crippen molar-refractivity contribution in [1.29, 1.82) is 5.26 Å². The molecule has 168 valence electrons. The highest BCUT2D eigenvalue weighted by Crippen LogP contribution is 2.26. The van der Waals surface area contributed by atoms with E-state index in [1.165, 1.54) is 6.20 Å². The Labute approximate surface area is 191 Å². The molecule has 8 nitrogen and oxygen atoms in total. The summed E-state index contributed by atoms with van der Waals surface area (Å²) in [6, 6.07) is 16.9. The first kappa shape index (κ1) is 23.4. The Hall–Kier alpha value is -4.22. The van der Waals surface area contributed by atoms with Crippen LogP contribution in [0.1, 0.15) is 42.3 Å². The molecule has 1 aromatic heterocycles. The van der Waals surface area contributed by atoms with E-state index in [4.69, 9.17) is 4.74 Å². The number of carbonyl (C=O) groups is 2. The first-order chi connectivity index (χ1) is 15.7. The molecule has 0 unspecified atom stereocenters. The van der Waals surface area contributed by atoms with Crippen molar-refractivity contribution in [2.45, 2.75) is 32.9 Å². The van der Waals surface area contributed by atoms with Gasteiger partial charge in [0.15, 0.2) is 5.75 Å². The zero-order valence-electron chi connectivity index (χ0n) is 18.5. The summed E-state index contributed by atoms with van der Waals surface area (Å²) >= 11 is 0. The van der Waals surface area contributed by atoms with E-state index >= 15 is 0 Å². The van der Waals surface area contributed by atoms with Crippen LogP contribution in [0.2, 0.25) is 0 Å². The van der Waals surface area contributed by atoms with Crippen molar-refractivity contribution in [1.82, 2.24) is 10.3 Å². The predicted molar refractivity (Wildman–Crippen MR) is 124 cm³/mol. The van der Waals surface area contributed by atoms with E-state index in [0.717, 1.165) is 0 Å². The summed E-state index contributed by atoms with van der Waals surface area (Å²) in [5.41, 5.74) is 2.26. The van der Waals surface area contributed by atoms with Crippen molar-refractivity contribution >= 4 is 17.7 Å². The molecule has 0 spiro atoms. The van der Waals surface area contributed by atoms with Gasteiger partial charge in [-0.25, -0.2) is 4.79 Å². The van der Waals surface area contributed by atoms with Crippen molar-refractivity contribution in [3.8, 4) is 23.1 Å². The van der Waals surface area contributed by atoms with E-state index in [0.29, 0.717) is 33.6 Å². The molecule has 2 aromatic carbocycles. The first-order valence-corrected chi connectivity index (χ1v) is 10.2. The van der Waals surface area contributed by atoms with E-state index in [1.54, 1.807) is 54.6 Å². The SMILES string of the molecule is CC(C)(C)NC(=O)Oc1ccccc1NC(=O)c1ccc(-c2ncc(CO)cc2C#N)cc1. The summed E-state index contributed by atoms with van der Waals surface area (Å²) < 4.78 is 5.36. The number of amides is 2. The largest absolute Gasteiger partial charge is 0.413 e. The Morgan fingerprint density at radius 1 is 1.12 bits per heavy atom. The van der Waals surface area contributed by atoms with Crippen molar-refractivity contribution < 1.29 is 19.4 Å². The molecule has 3 rings (SSSR count). The summed E-state index contributed by atoms with van der Waals surface area (Å²) in [4.78, 5) is 29.1. The number of nitrogens with zero attached hydrogens (tertiary/aromatic N) is 2. The maximum Gasteiger partial charge on any atom is 0.413 e. The van der Waals surface area contributed by atoms with E-state index in [1.807, 2.05) is 20.8 Å². The average Bonchev–Trinajstić information content (AvgIpc) is 2.78. The molecule has 0 atom stereocenters. The Bertz CT molecular complexity index is 1210. The summed E-state index contributed by atoms with van der Waals surface area (Å²) in [5.74, 6) is -0.172. The van der Waals surface area contributed by atoms with Crippen LogP contribution in [0.5, 0.6) is 5.75 Å². The number of rotatable bonds is 5. The lowest BCUT2D eigenvalue weighted by molar-refractivity contribution is 0.102. The molecule has 3 aromatic rings. The molecule has 3 N–H and O–H groups in total. The van der Waals surface area contributed by atoms with Crippen LogP contribution in [-0.2, 0) is 6.61 Å². The van der Waals surface area contributed by atoms with E-state index < -0.39 is 17.5 Å². The normalized spacial score (nSPS) is 10.8. The van der Waals surface area contributed by atoms with E-state index in [9.17, 15) is 20.0 Å². The van der Waals surface area contributed by atoms with Gasteiger partial charge in [0, 0.05) is 22.9 Å². The van der Waals surface area contributed by atoms with Gasteiger partial charge >= 0.3 is 6.09 Å². The van der Waals surface area contributed by atoms with Crippen LogP contribution in [0.15, 0.2) is 60.8 Å². The lowest BCUT2D eigenvalue weighted by atomic mass is 10.0. The first-order valence-electron chi connectivity index (χ1n) is 10.2. The Morgan fingerprint density at radius 2 is 1.82 bits per heavy atom. The van der Waals surface area contributed by atoms with E-state index in [2.05, 4.69) is 21.7 Å².